The summed E-state index contributed by atoms with van der Waals surface area (Å²) in [5, 5.41) is 3.13. The van der Waals surface area contributed by atoms with Gasteiger partial charge in [-0.3, -0.25) is 14.5 Å². The molecule has 21 heavy (non-hydrogen) atoms. The number of carbonyl (C=O) groups excluding carboxylic acids is 2. The van der Waals surface area contributed by atoms with Gasteiger partial charge >= 0.3 is 5.97 Å². The maximum atomic E-state index is 12.2. The molecule has 1 N–H and O–H groups in total. The normalized spacial score (nSPS) is 22.1. The van der Waals surface area contributed by atoms with Gasteiger partial charge in [0.05, 0.1) is 19.7 Å². The van der Waals surface area contributed by atoms with E-state index in [1.165, 1.54) is 19.3 Å². The monoisotopic (exact) mass is 298 g/mol. The van der Waals surface area contributed by atoms with Gasteiger partial charge in [0.1, 0.15) is 0 Å². The van der Waals surface area contributed by atoms with Gasteiger partial charge in [0.25, 0.3) is 0 Å². The van der Waals surface area contributed by atoms with Crippen LogP contribution < -0.4 is 5.32 Å². The molecule has 5 heteroatoms. The zero-order valence-corrected chi connectivity index (χ0v) is 13.7. The second kappa shape index (κ2) is 9.77. The Hall–Kier alpha value is -1.10. The molecule has 2 unspecified atom stereocenters. The molecule has 1 saturated carbocycles. The zero-order chi connectivity index (χ0) is 15.7. The molecule has 1 aliphatic rings. The Bertz CT molecular complexity index is 333. The summed E-state index contributed by atoms with van der Waals surface area (Å²) in [7, 11) is 0. The summed E-state index contributed by atoms with van der Waals surface area (Å²) in [6.45, 7) is 7.60. The van der Waals surface area contributed by atoms with Crippen molar-refractivity contribution >= 4 is 11.9 Å². The lowest BCUT2D eigenvalue weighted by molar-refractivity contribution is -0.144. The lowest BCUT2D eigenvalue weighted by Gasteiger charge is -2.30. The van der Waals surface area contributed by atoms with Crippen molar-refractivity contribution in [3.63, 3.8) is 0 Å². The third-order valence-electron chi connectivity index (χ3n) is 4.02. The van der Waals surface area contributed by atoms with Crippen LogP contribution in [0.2, 0.25) is 0 Å². The highest BCUT2D eigenvalue weighted by Gasteiger charge is 2.23. The topological polar surface area (TPSA) is 58.6 Å². The molecule has 0 aromatic heterocycles. The van der Waals surface area contributed by atoms with Crippen molar-refractivity contribution in [3.05, 3.63) is 0 Å². The predicted molar refractivity (Wildman–Crippen MR) is 82.9 cm³/mol. The number of carbonyl (C=O) groups is 2. The fourth-order valence-corrected chi connectivity index (χ4v) is 2.91. The van der Waals surface area contributed by atoms with E-state index >= 15 is 0 Å². The maximum absolute atomic E-state index is 12.2. The minimum absolute atomic E-state index is 0.0199. The van der Waals surface area contributed by atoms with Gasteiger partial charge in [0.15, 0.2) is 0 Å². The van der Waals surface area contributed by atoms with Crippen molar-refractivity contribution in [1.29, 1.82) is 0 Å². The van der Waals surface area contributed by atoms with E-state index < -0.39 is 0 Å². The molecule has 0 aliphatic heterocycles. The molecule has 0 heterocycles. The van der Waals surface area contributed by atoms with Crippen molar-refractivity contribution in [1.82, 2.24) is 10.2 Å². The molecule has 0 aromatic carbocycles. The van der Waals surface area contributed by atoms with Crippen LogP contribution in [-0.4, -0.2) is 49.1 Å². The molecular weight excluding hydrogens is 268 g/mol. The highest BCUT2D eigenvalue weighted by atomic mass is 16.5. The second-order valence-electron chi connectivity index (χ2n) is 5.95. The Labute approximate surface area is 128 Å². The molecule has 2 atom stereocenters. The summed E-state index contributed by atoms with van der Waals surface area (Å²) in [5.74, 6) is 0.309. The van der Waals surface area contributed by atoms with Gasteiger partial charge in [-0.15, -0.1) is 0 Å². The van der Waals surface area contributed by atoms with Gasteiger partial charge in [0, 0.05) is 6.04 Å². The quantitative estimate of drug-likeness (QED) is 0.696. The first-order valence-electron chi connectivity index (χ1n) is 8.24. The van der Waals surface area contributed by atoms with Crippen LogP contribution in [0.25, 0.3) is 0 Å². The summed E-state index contributed by atoms with van der Waals surface area (Å²) < 4.78 is 4.95. The van der Waals surface area contributed by atoms with Gasteiger partial charge in [-0.25, -0.2) is 0 Å². The number of nitrogens with zero attached hydrogens (tertiary/aromatic N) is 1. The van der Waals surface area contributed by atoms with E-state index in [2.05, 4.69) is 12.2 Å². The van der Waals surface area contributed by atoms with Crippen LogP contribution in [-0.2, 0) is 14.3 Å². The number of esters is 1. The van der Waals surface area contributed by atoms with Crippen molar-refractivity contribution in [3.8, 4) is 0 Å². The molecular formula is C16H30N2O3. The third-order valence-corrected chi connectivity index (χ3v) is 4.02. The highest BCUT2D eigenvalue weighted by Crippen LogP contribution is 2.23. The molecule has 0 saturated heterocycles. The zero-order valence-electron chi connectivity index (χ0n) is 13.7. The first kappa shape index (κ1) is 18.0. The molecule has 0 spiro atoms. The van der Waals surface area contributed by atoms with Crippen LogP contribution in [0.4, 0.5) is 0 Å². The first-order valence-corrected chi connectivity index (χ1v) is 8.24. The Morgan fingerprint density at radius 2 is 1.90 bits per heavy atom. The van der Waals surface area contributed by atoms with E-state index in [0.717, 1.165) is 19.4 Å². The molecule has 1 fully saturated rings. The lowest BCUT2D eigenvalue weighted by Crippen LogP contribution is -2.46. The summed E-state index contributed by atoms with van der Waals surface area (Å²) in [4.78, 5) is 25.6. The van der Waals surface area contributed by atoms with Crippen molar-refractivity contribution < 1.29 is 14.3 Å². The molecule has 1 rings (SSSR count). The number of rotatable bonds is 8. The minimum Gasteiger partial charge on any atom is -0.465 e. The smallest absolute Gasteiger partial charge is 0.320 e. The number of hydrogen-bond acceptors (Lipinski definition) is 4. The van der Waals surface area contributed by atoms with Crippen LogP contribution in [0.1, 0.15) is 52.9 Å². The Morgan fingerprint density at radius 3 is 2.52 bits per heavy atom. The Balaban J connectivity index is 2.41. The van der Waals surface area contributed by atoms with E-state index in [4.69, 9.17) is 4.74 Å². The second-order valence-corrected chi connectivity index (χ2v) is 5.95. The van der Waals surface area contributed by atoms with E-state index in [-0.39, 0.29) is 31.0 Å². The molecule has 1 aliphatic carbocycles. The van der Waals surface area contributed by atoms with Gasteiger partial charge in [-0.2, -0.15) is 0 Å². The maximum Gasteiger partial charge on any atom is 0.320 e. The summed E-state index contributed by atoms with van der Waals surface area (Å²) in [6, 6.07) is 0.289. The fraction of sp³-hybridized carbons (Fsp3) is 0.875. The third kappa shape index (κ3) is 6.93. The van der Waals surface area contributed by atoms with Crippen LogP contribution in [0.5, 0.6) is 0 Å². The molecule has 0 radical (unpaired) electrons. The SMILES string of the molecule is CCCN(CC(=O)NC1CCCCC1C)CC(=O)OCC. The van der Waals surface area contributed by atoms with Crippen molar-refractivity contribution in [2.45, 2.75) is 58.9 Å². The van der Waals surface area contributed by atoms with Crippen LogP contribution in [0.3, 0.4) is 0 Å². The fourth-order valence-electron chi connectivity index (χ4n) is 2.91. The largest absolute Gasteiger partial charge is 0.465 e. The highest BCUT2D eigenvalue weighted by molar-refractivity contribution is 5.79. The Kier molecular flexibility index (Phi) is 8.35. The van der Waals surface area contributed by atoms with Crippen LogP contribution in [0, 0.1) is 5.92 Å². The minimum atomic E-state index is -0.259. The molecule has 122 valence electrons. The van der Waals surface area contributed by atoms with Gasteiger partial charge in [0.2, 0.25) is 5.91 Å². The first-order chi connectivity index (χ1) is 10.1. The van der Waals surface area contributed by atoms with Gasteiger partial charge in [-0.05, 0) is 38.6 Å². The number of nitrogens with one attached hydrogen (secondary N) is 1. The summed E-state index contributed by atoms with van der Waals surface area (Å²) in [6.07, 6.45) is 5.62. The number of ether oxygens (including phenoxy) is 1. The van der Waals surface area contributed by atoms with Crippen LogP contribution >= 0.6 is 0 Å². The van der Waals surface area contributed by atoms with Gasteiger partial charge in [-0.1, -0.05) is 26.7 Å². The van der Waals surface area contributed by atoms with E-state index in [9.17, 15) is 9.59 Å². The molecule has 1 amide bonds. The van der Waals surface area contributed by atoms with Gasteiger partial charge < -0.3 is 10.1 Å². The molecule has 5 nitrogen and oxygen atoms in total. The molecule has 0 bridgehead atoms. The van der Waals surface area contributed by atoms with Crippen LogP contribution in [0.15, 0.2) is 0 Å². The summed E-state index contributed by atoms with van der Waals surface area (Å²) in [5.41, 5.74) is 0. The lowest BCUT2D eigenvalue weighted by atomic mass is 9.86. The standard InChI is InChI=1S/C16H30N2O3/c1-4-10-18(12-16(20)21-5-2)11-15(19)17-14-9-7-6-8-13(14)3/h13-14H,4-12H2,1-3H3,(H,17,19). The average Bonchev–Trinajstić information content (AvgIpc) is 2.41. The predicted octanol–water partition coefficient (Wildman–Crippen LogP) is 1.96. The number of amides is 1. The van der Waals surface area contributed by atoms with Crippen molar-refractivity contribution in [2.24, 2.45) is 5.92 Å². The van der Waals surface area contributed by atoms with Crippen molar-refractivity contribution in [2.75, 3.05) is 26.2 Å². The average molecular weight is 298 g/mol. The van der Waals surface area contributed by atoms with E-state index in [0.29, 0.717) is 12.5 Å². The Morgan fingerprint density at radius 1 is 1.19 bits per heavy atom. The summed E-state index contributed by atoms with van der Waals surface area (Å²) >= 11 is 0. The molecule has 0 aromatic rings. The van der Waals surface area contributed by atoms with E-state index in [1.54, 1.807) is 6.92 Å². The van der Waals surface area contributed by atoms with E-state index in [1.807, 2.05) is 11.8 Å². The number of hydrogen-bond donors (Lipinski definition) is 1.